The molecule has 1 aromatic carbocycles. The third-order valence-corrected chi connectivity index (χ3v) is 5.11. The highest BCUT2D eigenvalue weighted by atomic mass is 16.5. The van der Waals surface area contributed by atoms with Crippen molar-refractivity contribution in [3.8, 4) is 5.75 Å². The average Bonchev–Trinajstić information content (AvgIpc) is 2.77. The van der Waals surface area contributed by atoms with E-state index in [0.29, 0.717) is 5.56 Å². The molecule has 0 aliphatic carbocycles. The van der Waals surface area contributed by atoms with E-state index in [2.05, 4.69) is 39.2 Å². The molecule has 0 radical (unpaired) electrons. The highest BCUT2D eigenvalue weighted by molar-refractivity contribution is 5.94. The van der Waals surface area contributed by atoms with Gasteiger partial charge in [0, 0.05) is 50.2 Å². The maximum absolute atomic E-state index is 12.4. The van der Waals surface area contributed by atoms with Crippen LogP contribution in [0.4, 0.5) is 11.5 Å². The summed E-state index contributed by atoms with van der Waals surface area (Å²) in [5.74, 6) is 1.73. The summed E-state index contributed by atoms with van der Waals surface area (Å²) in [5.41, 5.74) is 1.88. The standard InChI is InChI=1S/C22H30N4O2/c1-3-4-5-11-24-22(27)18-10-12-23-21(17-18)26-15-13-25(14-16-26)19-6-8-20(28-2)9-7-19/h6-10,12,17H,3-5,11,13-16H2,1-2H3,(H,24,27). The molecule has 0 spiro atoms. The van der Waals surface area contributed by atoms with Gasteiger partial charge in [0.05, 0.1) is 7.11 Å². The van der Waals surface area contributed by atoms with Gasteiger partial charge in [0.15, 0.2) is 0 Å². The van der Waals surface area contributed by atoms with E-state index < -0.39 is 0 Å². The van der Waals surface area contributed by atoms with Crippen molar-refractivity contribution >= 4 is 17.4 Å². The number of nitrogens with one attached hydrogen (secondary N) is 1. The van der Waals surface area contributed by atoms with E-state index in [1.54, 1.807) is 19.4 Å². The zero-order valence-corrected chi connectivity index (χ0v) is 16.9. The topological polar surface area (TPSA) is 57.7 Å². The number of pyridine rings is 1. The summed E-state index contributed by atoms with van der Waals surface area (Å²) in [6, 6.07) is 11.9. The van der Waals surface area contributed by atoms with Gasteiger partial charge in [0.25, 0.3) is 5.91 Å². The van der Waals surface area contributed by atoms with E-state index in [-0.39, 0.29) is 5.91 Å². The Morgan fingerprint density at radius 2 is 1.79 bits per heavy atom. The first-order valence-electron chi connectivity index (χ1n) is 10.1. The van der Waals surface area contributed by atoms with Crippen LogP contribution < -0.4 is 19.9 Å². The summed E-state index contributed by atoms with van der Waals surface area (Å²) in [6.45, 7) is 6.47. The molecule has 3 rings (SSSR count). The van der Waals surface area contributed by atoms with E-state index in [9.17, 15) is 4.79 Å². The number of rotatable bonds is 8. The number of anilines is 2. The van der Waals surface area contributed by atoms with Crippen LogP contribution in [0, 0.1) is 0 Å². The van der Waals surface area contributed by atoms with Crippen molar-refractivity contribution in [3.63, 3.8) is 0 Å². The molecule has 1 amide bonds. The van der Waals surface area contributed by atoms with Crippen molar-refractivity contribution in [1.29, 1.82) is 0 Å². The first kappa shape index (κ1) is 20.0. The SMILES string of the molecule is CCCCCNC(=O)c1ccnc(N2CCN(c3ccc(OC)cc3)CC2)c1. The van der Waals surface area contributed by atoms with Crippen LogP contribution in [-0.2, 0) is 0 Å². The molecule has 150 valence electrons. The molecule has 1 fully saturated rings. The second-order valence-corrected chi connectivity index (χ2v) is 7.04. The molecule has 0 unspecified atom stereocenters. The molecule has 0 bridgehead atoms. The number of piperazine rings is 1. The molecule has 0 saturated carbocycles. The smallest absolute Gasteiger partial charge is 0.251 e. The third-order valence-electron chi connectivity index (χ3n) is 5.11. The number of amides is 1. The number of hydrogen-bond donors (Lipinski definition) is 1. The molecule has 6 heteroatoms. The van der Waals surface area contributed by atoms with Crippen LogP contribution in [0.1, 0.15) is 36.5 Å². The van der Waals surface area contributed by atoms with E-state index in [0.717, 1.165) is 63.6 Å². The lowest BCUT2D eigenvalue weighted by atomic mass is 10.2. The van der Waals surface area contributed by atoms with Gasteiger partial charge in [-0.05, 0) is 42.8 Å². The van der Waals surface area contributed by atoms with Crippen LogP contribution in [0.5, 0.6) is 5.75 Å². The normalized spacial score (nSPS) is 14.1. The summed E-state index contributed by atoms with van der Waals surface area (Å²) < 4.78 is 5.23. The Kier molecular flexibility index (Phi) is 7.12. The second-order valence-electron chi connectivity index (χ2n) is 7.04. The van der Waals surface area contributed by atoms with Crippen molar-refractivity contribution in [1.82, 2.24) is 10.3 Å². The number of methoxy groups -OCH3 is 1. The van der Waals surface area contributed by atoms with Crippen LogP contribution in [0.2, 0.25) is 0 Å². The molecule has 1 aliphatic rings. The number of unbranched alkanes of at least 4 members (excludes halogenated alkanes) is 2. The number of benzene rings is 1. The Balaban J connectivity index is 1.55. The van der Waals surface area contributed by atoms with Crippen LogP contribution in [-0.4, -0.2) is 50.7 Å². The molecule has 1 aliphatic heterocycles. The lowest BCUT2D eigenvalue weighted by Gasteiger charge is -2.36. The predicted molar refractivity (Wildman–Crippen MR) is 114 cm³/mol. The number of hydrogen-bond acceptors (Lipinski definition) is 5. The monoisotopic (exact) mass is 382 g/mol. The molecule has 1 aromatic heterocycles. The molecule has 1 saturated heterocycles. The van der Waals surface area contributed by atoms with E-state index in [1.807, 2.05) is 18.2 Å². The lowest BCUT2D eigenvalue weighted by Crippen LogP contribution is -2.46. The van der Waals surface area contributed by atoms with Gasteiger partial charge < -0.3 is 19.9 Å². The average molecular weight is 383 g/mol. The Morgan fingerprint density at radius 3 is 2.46 bits per heavy atom. The Hall–Kier alpha value is -2.76. The quantitative estimate of drug-likeness (QED) is 0.710. The van der Waals surface area contributed by atoms with Gasteiger partial charge in [0.1, 0.15) is 11.6 Å². The molecule has 6 nitrogen and oxygen atoms in total. The largest absolute Gasteiger partial charge is 0.497 e. The summed E-state index contributed by atoms with van der Waals surface area (Å²) in [4.78, 5) is 21.4. The summed E-state index contributed by atoms with van der Waals surface area (Å²) in [6.07, 6.45) is 5.04. The van der Waals surface area contributed by atoms with Gasteiger partial charge in [-0.1, -0.05) is 19.8 Å². The fourth-order valence-corrected chi connectivity index (χ4v) is 3.40. The van der Waals surface area contributed by atoms with E-state index in [4.69, 9.17) is 4.74 Å². The number of nitrogens with zero attached hydrogens (tertiary/aromatic N) is 3. The third kappa shape index (κ3) is 5.15. The maximum Gasteiger partial charge on any atom is 0.251 e. The molecular weight excluding hydrogens is 352 g/mol. The van der Waals surface area contributed by atoms with Crippen molar-refractivity contribution in [3.05, 3.63) is 48.2 Å². The molecule has 28 heavy (non-hydrogen) atoms. The van der Waals surface area contributed by atoms with Crippen molar-refractivity contribution < 1.29 is 9.53 Å². The van der Waals surface area contributed by atoms with E-state index in [1.165, 1.54) is 5.69 Å². The number of carbonyl (C=O) groups is 1. The minimum Gasteiger partial charge on any atom is -0.497 e. The number of carbonyl (C=O) groups excluding carboxylic acids is 1. The van der Waals surface area contributed by atoms with Crippen LogP contribution in [0.3, 0.4) is 0 Å². The second kappa shape index (κ2) is 9.97. The predicted octanol–water partition coefficient (Wildman–Crippen LogP) is 3.34. The number of aromatic nitrogens is 1. The van der Waals surface area contributed by atoms with Gasteiger partial charge >= 0.3 is 0 Å². The molecule has 2 aromatic rings. The van der Waals surface area contributed by atoms with E-state index >= 15 is 0 Å². The lowest BCUT2D eigenvalue weighted by molar-refractivity contribution is 0.0953. The minimum atomic E-state index is -0.0170. The summed E-state index contributed by atoms with van der Waals surface area (Å²) >= 11 is 0. The molecule has 2 heterocycles. The minimum absolute atomic E-state index is 0.0170. The van der Waals surface area contributed by atoms with Gasteiger partial charge in [-0.2, -0.15) is 0 Å². The summed E-state index contributed by atoms with van der Waals surface area (Å²) in [5, 5.41) is 3.00. The fourth-order valence-electron chi connectivity index (χ4n) is 3.40. The number of ether oxygens (including phenoxy) is 1. The highest BCUT2D eigenvalue weighted by Crippen LogP contribution is 2.22. The Morgan fingerprint density at radius 1 is 1.07 bits per heavy atom. The Bertz CT molecular complexity index is 755. The molecule has 1 N–H and O–H groups in total. The van der Waals surface area contributed by atoms with Gasteiger partial charge in [0.2, 0.25) is 0 Å². The van der Waals surface area contributed by atoms with Crippen molar-refractivity contribution in [2.75, 3.05) is 49.6 Å². The molecule has 0 atom stereocenters. The van der Waals surface area contributed by atoms with Crippen LogP contribution in [0.15, 0.2) is 42.6 Å². The van der Waals surface area contributed by atoms with Gasteiger partial charge in [-0.3, -0.25) is 4.79 Å². The van der Waals surface area contributed by atoms with Gasteiger partial charge in [-0.25, -0.2) is 4.98 Å². The zero-order chi connectivity index (χ0) is 19.8. The zero-order valence-electron chi connectivity index (χ0n) is 16.9. The first-order chi connectivity index (χ1) is 13.7. The van der Waals surface area contributed by atoms with Crippen molar-refractivity contribution in [2.24, 2.45) is 0 Å². The summed E-state index contributed by atoms with van der Waals surface area (Å²) in [7, 11) is 1.68. The van der Waals surface area contributed by atoms with Crippen molar-refractivity contribution in [2.45, 2.75) is 26.2 Å². The first-order valence-corrected chi connectivity index (χ1v) is 10.1. The van der Waals surface area contributed by atoms with Crippen LogP contribution >= 0.6 is 0 Å². The fraction of sp³-hybridized carbons (Fsp3) is 0.455. The highest BCUT2D eigenvalue weighted by Gasteiger charge is 2.19. The van der Waals surface area contributed by atoms with Crippen LogP contribution in [0.25, 0.3) is 0 Å². The molecular formula is C22H30N4O2. The van der Waals surface area contributed by atoms with Gasteiger partial charge in [-0.15, -0.1) is 0 Å². The Labute approximate surface area is 167 Å². The maximum atomic E-state index is 12.4.